The van der Waals surface area contributed by atoms with Crippen LogP contribution in [-0.4, -0.2) is 80.9 Å². The molecule has 2 saturated heterocycles. The maximum Gasteiger partial charge on any atom is 0.393 e. The lowest BCUT2D eigenvalue weighted by molar-refractivity contribution is -0.126. The molecule has 8 nitrogen and oxygen atoms in total. The molecular formula is C36H41F4N5O3S. The SMILES string of the molecule is N#CCOc1cc(NCCO)c(F)cc1NCC#Cc1sc2c(NC3CCC(N4CC5(CCOCC5)C4)CC3)cccc2c1CC(F)(F)F. The smallest absolute Gasteiger partial charge is 0.393 e. The van der Waals surface area contributed by atoms with Gasteiger partial charge in [-0.3, -0.25) is 4.90 Å². The van der Waals surface area contributed by atoms with E-state index < -0.39 is 18.4 Å². The van der Waals surface area contributed by atoms with Crippen molar-refractivity contribution in [3.8, 4) is 23.7 Å². The second-order valence-electron chi connectivity index (χ2n) is 13.1. The third-order valence-electron chi connectivity index (χ3n) is 9.76. The van der Waals surface area contributed by atoms with Gasteiger partial charge in [0.15, 0.2) is 6.61 Å². The highest BCUT2D eigenvalue weighted by molar-refractivity contribution is 7.20. The summed E-state index contributed by atoms with van der Waals surface area (Å²) in [6, 6.07) is 10.7. The number of fused-ring (bicyclic) bond motifs is 1. The van der Waals surface area contributed by atoms with E-state index in [-0.39, 0.29) is 55.0 Å². The zero-order valence-electron chi connectivity index (χ0n) is 27.2. The van der Waals surface area contributed by atoms with E-state index in [2.05, 4.69) is 32.7 Å². The lowest BCUT2D eigenvalue weighted by atomic mass is 9.71. The van der Waals surface area contributed by atoms with Crippen molar-refractivity contribution in [2.24, 2.45) is 5.41 Å². The third kappa shape index (κ3) is 8.53. The molecule has 49 heavy (non-hydrogen) atoms. The predicted octanol–water partition coefficient (Wildman–Crippen LogP) is 6.75. The maximum absolute atomic E-state index is 14.7. The van der Waals surface area contributed by atoms with Crippen molar-refractivity contribution >= 4 is 38.5 Å². The number of nitrogens with zero attached hydrogens (tertiary/aromatic N) is 2. The molecule has 2 aromatic carbocycles. The topological polar surface area (TPSA) is 102 Å². The molecule has 0 amide bonds. The van der Waals surface area contributed by atoms with Crippen LogP contribution in [-0.2, 0) is 11.2 Å². The summed E-state index contributed by atoms with van der Waals surface area (Å²) in [6.45, 7) is 3.70. The first-order valence-electron chi connectivity index (χ1n) is 16.8. The predicted molar refractivity (Wildman–Crippen MR) is 184 cm³/mol. The Morgan fingerprint density at radius 1 is 1.06 bits per heavy atom. The Bertz CT molecular complexity index is 1710. The number of hydrogen-bond donors (Lipinski definition) is 4. The van der Waals surface area contributed by atoms with E-state index in [1.165, 1.54) is 23.5 Å². The average Bonchev–Trinajstić information content (AvgIpc) is 3.41. The molecule has 1 aromatic heterocycles. The molecule has 1 saturated carbocycles. The summed E-state index contributed by atoms with van der Waals surface area (Å²) in [7, 11) is 0. The Labute approximate surface area is 287 Å². The lowest BCUT2D eigenvalue weighted by Gasteiger charge is -2.56. The maximum atomic E-state index is 14.7. The van der Waals surface area contributed by atoms with Gasteiger partial charge in [0.2, 0.25) is 0 Å². The monoisotopic (exact) mass is 699 g/mol. The van der Waals surface area contributed by atoms with Gasteiger partial charge in [-0.25, -0.2) is 4.39 Å². The highest BCUT2D eigenvalue weighted by atomic mass is 32.1. The van der Waals surface area contributed by atoms with E-state index in [1.807, 2.05) is 12.1 Å². The van der Waals surface area contributed by atoms with Crippen LogP contribution in [0.4, 0.5) is 34.6 Å². The van der Waals surface area contributed by atoms with Crippen molar-refractivity contribution in [3.05, 3.63) is 46.6 Å². The number of likely N-dealkylation sites (tertiary alicyclic amines) is 1. The van der Waals surface area contributed by atoms with Crippen molar-refractivity contribution < 1.29 is 32.1 Å². The first-order chi connectivity index (χ1) is 23.7. The van der Waals surface area contributed by atoms with E-state index in [4.69, 9.17) is 19.8 Å². The van der Waals surface area contributed by atoms with Gasteiger partial charge in [0, 0.05) is 62.5 Å². The highest BCUT2D eigenvalue weighted by Crippen LogP contribution is 2.44. The summed E-state index contributed by atoms with van der Waals surface area (Å²) in [6.07, 6.45) is 1.01. The Kier molecular flexibility index (Phi) is 11.0. The van der Waals surface area contributed by atoms with Crippen LogP contribution in [0, 0.1) is 34.4 Å². The Balaban J connectivity index is 1.14. The molecule has 6 rings (SSSR count). The van der Waals surface area contributed by atoms with Crippen molar-refractivity contribution in [1.29, 1.82) is 5.26 Å². The molecule has 3 fully saturated rings. The van der Waals surface area contributed by atoms with E-state index >= 15 is 0 Å². The normalized spacial score (nSPS) is 20.6. The van der Waals surface area contributed by atoms with Gasteiger partial charge in [0.25, 0.3) is 0 Å². The van der Waals surface area contributed by atoms with Gasteiger partial charge in [0.1, 0.15) is 17.6 Å². The molecule has 2 aliphatic heterocycles. The summed E-state index contributed by atoms with van der Waals surface area (Å²) in [5.41, 5.74) is 1.76. The summed E-state index contributed by atoms with van der Waals surface area (Å²) < 4.78 is 67.8. The standard InChI is InChI=1S/C36H41F4N5O3S/c37-28-19-31(32(48-18-12-41)20-30(28)43-14-15-46)42-13-2-5-33-27(21-36(38,39)40)26-3-1-4-29(34(26)49-33)44-24-6-8-25(9-7-24)45-22-35(23-45)10-16-47-17-11-35/h1,3-4,19-20,24-25,42-44,46H,6-11,13-18,21-23H2. The van der Waals surface area contributed by atoms with Crippen LogP contribution >= 0.6 is 11.3 Å². The number of hydrogen-bond acceptors (Lipinski definition) is 9. The van der Waals surface area contributed by atoms with Crippen LogP contribution in [0.2, 0.25) is 0 Å². The number of nitrogens with one attached hydrogen (secondary N) is 3. The quantitative estimate of drug-likeness (QED) is 0.129. The number of ether oxygens (including phenoxy) is 2. The number of alkyl halides is 3. The van der Waals surface area contributed by atoms with Gasteiger partial charge >= 0.3 is 6.18 Å². The average molecular weight is 700 g/mol. The van der Waals surface area contributed by atoms with Gasteiger partial charge < -0.3 is 30.5 Å². The van der Waals surface area contributed by atoms with Crippen molar-refractivity contribution in [1.82, 2.24) is 4.90 Å². The highest BCUT2D eigenvalue weighted by Gasteiger charge is 2.46. The summed E-state index contributed by atoms with van der Waals surface area (Å²) in [4.78, 5) is 2.97. The zero-order chi connectivity index (χ0) is 34.4. The first kappa shape index (κ1) is 35.1. The van der Waals surface area contributed by atoms with Gasteiger partial charge in [-0.1, -0.05) is 24.0 Å². The third-order valence-corrected chi connectivity index (χ3v) is 11.0. The molecule has 3 aliphatic rings. The number of halogens is 4. The Morgan fingerprint density at radius 2 is 1.84 bits per heavy atom. The van der Waals surface area contributed by atoms with Crippen LogP contribution in [0.15, 0.2) is 30.3 Å². The number of anilines is 3. The fraction of sp³-hybridized carbons (Fsp3) is 0.528. The van der Waals surface area contributed by atoms with Crippen LogP contribution in [0.5, 0.6) is 5.75 Å². The van der Waals surface area contributed by atoms with Gasteiger partial charge in [-0.05, 0) is 55.5 Å². The number of thiophene rings is 1. The van der Waals surface area contributed by atoms with Crippen LogP contribution in [0.25, 0.3) is 10.1 Å². The summed E-state index contributed by atoms with van der Waals surface area (Å²) in [5, 5.41) is 27.9. The molecule has 3 heterocycles. The van der Waals surface area contributed by atoms with Gasteiger partial charge in [-0.2, -0.15) is 18.4 Å². The molecule has 4 N–H and O–H groups in total. The minimum Gasteiger partial charge on any atom is -0.477 e. The Morgan fingerprint density at radius 3 is 2.55 bits per heavy atom. The molecule has 0 atom stereocenters. The van der Waals surface area contributed by atoms with Crippen LogP contribution in [0.1, 0.15) is 49.0 Å². The minimum atomic E-state index is -4.42. The summed E-state index contributed by atoms with van der Waals surface area (Å²) in [5.74, 6) is 5.42. The van der Waals surface area contributed by atoms with E-state index in [0.29, 0.717) is 21.7 Å². The first-order valence-corrected chi connectivity index (χ1v) is 17.6. The molecular weight excluding hydrogens is 658 g/mol. The lowest BCUT2D eigenvalue weighted by Crippen LogP contribution is -2.62. The van der Waals surface area contributed by atoms with Gasteiger partial charge in [0.05, 0.1) is 46.2 Å². The number of nitriles is 1. The largest absolute Gasteiger partial charge is 0.477 e. The molecule has 0 bridgehead atoms. The number of rotatable bonds is 11. The number of aliphatic hydroxyl groups excluding tert-OH is 1. The van der Waals surface area contributed by atoms with Crippen LogP contribution in [0.3, 0.4) is 0 Å². The summed E-state index contributed by atoms with van der Waals surface area (Å²) >= 11 is 1.25. The second kappa shape index (κ2) is 15.4. The molecule has 0 radical (unpaired) electrons. The van der Waals surface area contributed by atoms with E-state index in [0.717, 1.165) is 75.2 Å². The fourth-order valence-electron chi connectivity index (χ4n) is 7.27. The second-order valence-corrected chi connectivity index (χ2v) is 14.2. The van der Waals surface area contributed by atoms with E-state index in [1.54, 1.807) is 12.1 Å². The van der Waals surface area contributed by atoms with Gasteiger partial charge in [-0.15, -0.1) is 11.3 Å². The fourth-order valence-corrected chi connectivity index (χ4v) is 8.44. The molecule has 3 aromatic rings. The van der Waals surface area contributed by atoms with Crippen molar-refractivity contribution in [3.63, 3.8) is 0 Å². The number of benzene rings is 2. The molecule has 0 unspecified atom stereocenters. The van der Waals surface area contributed by atoms with Crippen LogP contribution < -0.4 is 20.7 Å². The van der Waals surface area contributed by atoms with E-state index in [9.17, 15) is 17.6 Å². The molecule has 1 spiro atoms. The minimum absolute atomic E-state index is 0.00820. The number of aliphatic hydroxyl groups is 1. The Hall–Kier alpha value is -3.75. The molecule has 13 heteroatoms. The molecule has 1 aliphatic carbocycles. The zero-order valence-corrected chi connectivity index (χ0v) is 28.0. The van der Waals surface area contributed by atoms with Crippen molar-refractivity contribution in [2.45, 2.75) is 63.2 Å². The van der Waals surface area contributed by atoms with Crippen molar-refractivity contribution in [2.75, 3.05) is 68.6 Å². The molecule has 262 valence electrons.